The van der Waals surface area contributed by atoms with Gasteiger partial charge in [0.1, 0.15) is 5.82 Å². The molecule has 0 radical (unpaired) electrons. The van der Waals surface area contributed by atoms with Gasteiger partial charge in [0.15, 0.2) is 0 Å². The first-order valence-electron chi connectivity index (χ1n) is 7.01. The van der Waals surface area contributed by atoms with E-state index in [0.29, 0.717) is 18.9 Å². The first kappa shape index (κ1) is 15.6. The van der Waals surface area contributed by atoms with Crippen molar-refractivity contribution >= 4 is 5.91 Å². The predicted octanol–water partition coefficient (Wildman–Crippen LogP) is 1.29. The molecular formula is C13H24N4O2. The number of aliphatic hydroxyl groups is 1. The standard InChI is InChI=1S/C13H24N4O2/c1-3-5-10(7-8-18)9-14-13(19)12-15-11(6-4-2)16-17-12/h10,18H,3-9H2,1-2H3,(H,14,19)(H,15,16,17). The van der Waals surface area contributed by atoms with E-state index in [2.05, 4.69) is 27.4 Å². The van der Waals surface area contributed by atoms with Gasteiger partial charge in [0.05, 0.1) is 0 Å². The number of aliphatic hydroxyl groups excluding tert-OH is 1. The molecule has 1 aromatic rings. The van der Waals surface area contributed by atoms with Gasteiger partial charge in [-0.15, -0.1) is 5.10 Å². The maximum atomic E-state index is 11.9. The number of carbonyl (C=O) groups excluding carboxylic acids is 1. The fourth-order valence-electron chi connectivity index (χ4n) is 2.00. The third-order valence-corrected chi connectivity index (χ3v) is 3.01. The predicted molar refractivity (Wildman–Crippen MR) is 72.8 cm³/mol. The van der Waals surface area contributed by atoms with Crippen LogP contribution in [0.5, 0.6) is 0 Å². The second-order valence-corrected chi connectivity index (χ2v) is 4.73. The maximum absolute atomic E-state index is 11.9. The van der Waals surface area contributed by atoms with E-state index in [1.165, 1.54) is 0 Å². The minimum Gasteiger partial charge on any atom is -0.396 e. The number of nitrogens with one attached hydrogen (secondary N) is 2. The van der Waals surface area contributed by atoms with Gasteiger partial charge in [-0.2, -0.15) is 0 Å². The van der Waals surface area contributed by atoms with Gasteiger partial charge in [-0.3, -0.25) is 9.89 Å². The molecule has 1 amide bonds. The first-order valence-corrected chi connectivity index (χ1v) is 7.01. The fourth-order valence-corrected chi connectivity index (χ4v) is 2.00. The molecule has 0 aliphatic carbocycles. The summed E-state index contributed by atoms with van der Waals surface area (Å²) in [4.78, 5) is 16.0. The number of hydrogen-bond donors (Lipinski definition) is 3. The summed E-state index contributed by atoms with van der Waals surface area (Å²) in [5.41, 5.74) is 0. The Labute approximate surface area is 114 Å². The summed E-state index contributed by atoms with van der Waals surface area (Å²) >= 11 is 0. The van der Waals surface area contributed by atoms with E-state index < -0.39 is 0 Å². The molecule has 6 nitrogen and oxygen atoms in total. The Morgan fingerprint density at radius 1 is 1.37 bits per heavy atom. The van der Waals surface area contributed by atoms with Crippen molar-refractivity contribution in [3.8, 4) is 0 Å². The van der Waals surface area contributed by atoms with Gasteiger partial charge in [0.25, 0.3) is 5.91 Å². The van der Waals surface area contributed by atoms with E-state index in [-0.39, 0.29) is 18.3 Å². The quantitative estimate of drug-likeness (QED) is 0.629. The number of nitrogens with zero attached hydrogens (tertiary/aromatic N) is 2. The van der Waals surface area contributed by atoms with Gasteiger partial charge in [0.2, 0.25) is 5.82 Å². The van der Waals surface area contributed by atoms with Crippen LogP contribution in [0.25, 0.3) is 0 Å². The van der Waals surface area contributed by atoms with Crippen molar-refractivity contribution in [3.05, 3.63) is 11.6 Å². The number of aromatic amines is 1. The molecule has 1 atom stereocenters. The monoisotopic (exact) mass is 268 g/mol. The van der Waals surface area contributed by atoms with Crippen molar-refractivity contribution in [1.82, 2.24) is 20.5 Å². The molecule has 6 heteroatoms. The Kier molecular flexibility index (Phi) is 7.10. The lowest BCUT2D eigenvalue weighted by atomic mass is 10.0. The number of rotatable bonds is 9. The highest BCUT2D eigenvalue weighted by molar-refractivity contribution is 5.90. The second-order valence-electron chi connectivity index (χ2n) is 4.73. The molecule has 1 aromatic heterocycles. The van der Waals surface area contributed by atoms with Gasteiger partial charge in [0, 0.05) is 19.6 Å². The molecule has 0 aliphatic rings. The smallest absolute Gasteiger partial charge is 0.290 e. The van der Waals surface area contributed by atoms with Crippen LogP contribution in [0.1, 0.15) is 56.0 Å². The van der Waals surface area contributed by atoms with Crippen LogP contribution in [0, 0.1) is 5.92 Å². The van der Waals surface area contributed by atoms with Crippen molar-refractivity contribution in [2.45, 2.75) is 46.0 Å². The zero-order valence-electron chi connectivity index (χ0n) is 11.8. The van der Waals surface area contributed by atoms with E-state index >= 15 is 0 Å². The van der Waals surface area contributed by atoms with Gasteiger partial charge in [-0.05, 0) is 25.2 Å². The summed E-state index contributed by atoms with van der Waals surface area (Å²) < 4.78 is 0. The molecular weight excluding hydrogens is 244 g/mol. The average Bonchev–Trinajstić information content (AvgIpc) is 2.85. The number of aromatic nitrogens is 3. The van der Waals surface area contributed by atoms with E-state index in [9.17, 15) is 4.79 Å². The number of carbonyl (C=O) groups is 1. The Morgan fingerprint density at radius 3 is 2.79 bits per heavy atom. The molecule has 1 rings (SSSR count). The van der Waals surface area contributed by atoms with Crippen LogP contribution in [-0.2, 0) is 6.42 Å². The summed E-state index contributed by atoms with van der Waals surface area (Å²) in [7, 11) is 0. The van der Waals surface area contributed by atoms with Crippen molar-refractivity contribution < 1.29 is 9.90 Å². The van der Waals surface area contributed by atoms with Gasteiger partial charge in [-0.1, -0.05) is 20.3 Å². The molecule has 0 bridgehead atoms. The van der Waals surface area contributed by atoms with Gasteiger partial charge < -0.3 is 10.4 Å². The third-order valence-electron chi connectivity index (χ3n) is 3.01. The van der Waals surface area contributed by atoms with Crippen molar-refractivity contribution in [2.24, 2.45) is 5.92 Å². The largest absolute Gasteiger partial charge is 0.396 e. The molecule has 0 spiro atoms. The average molecular weight is 268 g/mol. The van der Waals surface area contributed by atoms with Crippen molar-refractivity contribution in [1.29, 1.82) is 0 Å². The maximum Gasteiger partial charge on any atom is 0.290 e. The zero-order chi connectivity index (χ0) is 14.1. The van der Waals surface area contributed by atoms with Crippen LogP contribution < -0.4 is 5.32 Å². The Morgan fingerprint density at radius 2 is 2.16 bits per heavy atom. The highest BCUT2D eigenvalue weighted by atomic mass is 16.3. The number of H-pyrrole nitrogens is 1. The number of aryl methyl sites for hydroxylation is 1. The van der Waals surface area contributed by atoms with Crippen LogP contribution in [0.15, 0.2) is 0 Å². The summed E-state index contributed by atoms with van der Waals surface area (Å²) in [6.07, 6.45) is 4.51. The Bertz CT molecular complexity index is 372. The molecule has 3 N–H and O–H groups in total. The van der Waals surface area contributed by atoms with E-state index in [4.69, 9.17) is 5.11 Å². The lowest BCUT2D eigenvalue weighted by molar-refractivity contribution is 0.0933. The molecule has 108 valence electrons. The minimum absolute atomic E-state index is 0.155. The van der Waals surface area contributed by atoms with Crippen LogP contribution in [0.3, 0.4) is 0 Å². The topological polar surface area (TPSA) is 90.9 Å². The highest BCUT2D eigenvalue weighted by Gasteiger charge is 2.14. The van der Waals surface area contributed by atoms with Crippen LogP contribution in [0.4, 0.5) is 0 Å². The lowest BCUT2D eigenvalue weighted by Gasteiger charge is -2.14. The van der Waals surface area contributed by atoms with E-state index in [0.717, 1.165) is 31.5 Å². The minimum atomic E-state index is -0.252. The zero-order valence-corrected chi connectivity index (χ0v) is 11.8. The lowest BCUT2D eigenvalue weighted by Crippen LogP contribution is -2.30. The molecule has 0 fully saturated rings. The summed E-state index contributed by atoms with van der Waals surface area (Å²) in [5.74, 6) is 1.00. The molecule has 0 aliphatic heterocycles. The molecule has 0 saturated carbocycles. The van der Waals surface area contributed by atoms with Crippen molar-refractivity contribution in [2.75, 3.05) is 13.2 Å². The SMILES string of the molecule is CCCc1nc(C(=O)NCC(CCC)CCO)n[nH]1. The second kappa shape index (κ2) is 8.63. The molecule has 19 heavy (non-hydrogen) atoms. The molecule has 1 heterocycles. The summed E-state index contributed by atoms with van der Waals surface area (Å²) in [5, 5.41) is 18.5. The third kappa shape index (κ3) is 5.38. The van der Waals surface area contributed by atoms with Gasteiger partial charge in [-0.25, -0.2) is 4.98 Å². The summed E-state index contributed by atoms with van der Waals surface area (Å²) in [6, 6.07) is 0. The fraction of sp³-hybridized carbons (Fsp3) is 0.769. The first-order chi connectivity index (χ1) is 9.21. The highest BCUT2D eigenvalue weighted by Crippen LogP contribution is 2.09. The van der Waals surface area contributed by atoms with E-state index in [1.54, 1.807) is 0 Å². The molecule has 0 saturated heterocycles. The van der Waals surface area contributed by atoms with Crippen LogP contribution >= 0.6 is 0 Å². The molecule has 1 unspecified atom stereocenters. The Hall–Kier alpha value is -1.43. The van der Waals surface area contributed by atoms with Crippen LogP contribution in [-0.4, -0.2) is 39.3 Å². The van der Waals surface area contributed by atoms with E-state index in [1.807, 2.05) is 6.92 Å². The van der Waals surface area contributed by atoms with Crippen molar-refractivity contribution in [3.63, 3.8) is 0 Å². The Balaban J connectivity index is 2.44. The number of amides is 1. The summed E-state index contributed by atoms with van der Waals surface area (Å²) in [6.45, 7) is 4.86. The normalized spacial score (nSPS) is 12.4. The number of hydrogen-bond acceptors (Lipinski definition) is 4. The van der Waals surface area contributed by atoms with Crippen LogP contribution in [0.2, 0.25) is 0 Å². The van der Waals surface area contributed by atoms with Gasteiger partial charge >= 0.3 is 0 Å². The molecule has 0 aromatic carbocycles.